The van der Waals surface area contributed by atoms with Gasteiger partial charge in [0.1, 0.15) is 0 Å². The number of benzene rings is 2. The van der Waals surface area contributed by atoms with E-state index in [0.29, 0.717) is 0 Å². The van der Waals surface area contributed by atoms with Gasteiger partial charge in [-0.1, -0.05) is 49.4 Å². The summed E-state index contributed by atoms with van der Waals surface area (Å²) in [6.45, 7) is 2.17. The van der Waals surface area contributed by atoms with Crippen LogP contribution < -0.4 is 0 Å². The summed E-state index contributed by atoms with van der Waals surface area (Å²) < 4.78 is 0. The quantitative estimate of drug-likeness (QED) is 0.591. The Bertz CT molecular complexity index is 680. The van der Waals surface area contributed by atoms with Crippen LogP contribution in [0.15, 0.2) is 53.5 Å². The van der Waals surface area contributed by atoms with Crippen LogP contribution in [-0.2, 0) is 16.8 Å². The second-order valence-electron chi connectivity index (χ2n) is 5.68. The molecule has 106 valence electrons. The summed E-state index contributed by atoms with van der Waals surface area (Å²) in [7, 11) is 0. The molecular formula is C19H19NO. The Labute approximate surface area is 125 Å². The standard InChI is InChI=1S/C19H19NO/c1-2-15-9-10-17(19(20-14-21)11-6-12-19)13-18(15)16-7-4-3-5-8-16/h3-5,7-10,13H,2,6,11-12H2,1H3. The predicted octanol–water partition coefficient (Wildman–Crippen LogP) is 4.63. The van der Waals surface area contributed by atoms with E-state index in [1.807, 2.05) is 6.07 Å². The molecule has 0 atom stereocenters. The molecule has 0 spiro atoms. The molecule has 2 aromatic carbocycles. The van der Waals surface area contributed by atoms with Crippen molar-refractivity contribution in [3.05, 3.63) is 59.7 Å². The van der Waals surface area contributed by atoms with Gasteiger partial charge in [0.15, 0.2) is 0 Å². The molecule has 0 saturated heterocycles. The minimum atomic E-state index is -0.322. The zero-order valence-corrected chi connectivity index (χ0v) is 12.3. The molecule has 2 aromatic rings. The molecule has 0 amide bonds. The van der Waals surface area contributed by atoms with Crippen LogP contribution in [0.1, 0.15) is 37.3 Å². The van der Waals surface area contributed by atoms with E-state index in [2.05, 4.69) is 54.4 Å². The maximum Gasteiger partial charge on any atom is 0.235 e. The third-order valence-corrected chi connectivity index (χ3v) is 4.55. The van der Waals surface area contributed by atoms with Crippen molar-refractivity contribution >= 4 is 6.08 Å². The van der Waals surface area contributed by atoms with Crippen molar-refractivity contribution in [1.82, 2.24) is 0 Å². The summed E-state index contributed by atoms with van der Waals surface area (Å²) in [5, 5.41) is 0. The topological polar surface area (TPSA) is 29.4 Å². The normalized spacial score (nSPS) is 15.9. The highest BCUT2D eigenvalue weighted by Gasteiger charge is 2.39. The second kappa shape index (κ2) is 5.67. The molecule has 1 aliphatic rings. The summed E-state index contributed by atoms with van der Waals surface area (Å²) in [5.41, 5.74) is 4.63. The van der Waals surface area contributed by atoms with Crippen molar-refractivity contribution in [3.63, 3.8) is 0 Å². The van der Waals surface area contributed by atoms with Crippen molar-refractivity contribution in [1.29, 1.82) is 0 Å². The van der Waals surface area contributed by atoms with Crippen LogP contribution in [0.2, 0.25) is 0 Å². The lowest BCUT2D eigenvalue weighted by molar-refractivity contribution is 0.256. The maximum absolute atomic E-state index is 10.8. The molecule has 1 aliphatic carbocycles. The fourth-order valence-corrected chi connectivity index (χ4v) is 3.12. The predicted molar refractivity (Wildman–Crippen MR) is 84.9 cm³/mol. The fourth-order valence-electron chi connectivity index (χ4n) is 3.12. The zero-order valence-electron chi connectivity index (χ0n) is 12.3. The molecule has 0 unspecified atom stereocenters. The van der Waals surface area contributed by atoms with Gasteiger partial charge >= 0.3 is 0 Å². The monoisotopic (exact) mass is 277 g/mol. The van der Waals surface area contributed by atoms with Gasteiger partial charge in [-0.25, -0.2) is 4.79 Å². The number of hydrogen-bond donors (Lipinski definition) is 0. The van der Waals surface area contributed by atoms with E-state index in [4.69, 9.17) is 0 Å². The van der Waals surface area contributed by atoms with Crippen LogP contribution in [-0.4, -0.2) is 6.08 Å². The van der Waals surface area contributed by atoms with E-state index >= 15 is 0 Å². The smallest absolute Gasteiger partial charge is 0.211 e. The number of nitrogens with zero attached hydrogens (tertiary/aromatic N) is 1. The first kappa shape index (κ1) is 13.8. The maximum atomic E-state index is 10.8. The largest absolute Gasteiger partial charge is 0.235 e. The number of isocyanates is 1. The highest BCUT2D eigenvalue weighted by molar-refractivity contribution is 5.68. The van der Waals surface area contributed by atoms with Crippen molar-refractivity contribution in [2.45, 2.75) is 38.1 Å². The van der Waals surface area contributed by atoms with E-state index in [9.17, 15) is 4.79 Å². The summed E-state index contributed by atoms with van der Waals surface area (Å²) in [6, 6.07) is 16.9. The average Bonchev–Trinajstić information content (AvgIpc) is 2.51. The molecule has 2 nitrogen and oxygen atoms in total. The van der Waals surface area contributed by atoms with Gasteiger partial charge in [0.25, 0.3) is 0 Å². The fraction of sp³-hybridized carbons (Fsp3) is 0.316. The first-order valence-corrected chi connectivity index (χ1v) is 7.57. The molecule has 3 rings (SSSR count). The lowest BCUT2D eigenvalue weighted by Crippen LogP contribution is -2.31. The van der Waals surface area contributed by atoms with Crippen LogP contribution in [0.25, 0.3) is 11.1 Å². The lowest BCUT2D eigenvalue weighted by atomic mass is 9.71. The number of carbonyl (C=O) groups excluding carboxylic acids is 1. The molecule has 0 N–H and O–H groups in total. The SMILES string of the molecule is CCc1ccc(C2(N=C=O)CCC2)cc1-c1ccccc1. The summed E-state index contributed by atoms with van der Waals surface area (Å²) in [6.07, 6.45) is 5.79. The minimum absolute atomic E-state index is 0.322. The first-order chi connectivity index (χ1) is 10.3. The third-order valence-electron chi connectivity index (χ3n) is 4.55. The van der Waals surface area contributed by atoms with Crippen LogP contribution in [0, 0.1) is 0 Å². The number of rotatable bonds is 4. The molecule has 0 radical (unpaired) electrons. The van der Waals surface area contributed by atoms with Gasteiger partial charge in [-0.2, -0.15) is 4.99 Å². The second-order valence-corrected chi connectivity index (χ2v) is 5.68. The molecule has 21 heavy (non-hydrogen) atoms. The van der Waals surface area contributed by atoms with Crippen molar-refractivity contribution in [2.75, 3.05) is 0 Å². The number of hydrogen-bond acceptors (Lipinski definition) is 2. The number of aliphatic imine (C=N–C) groups is 1. The van der Waals surface area contributed by atoms with Crippen LogP contribution in [0.3, 0.4) is 0 Å². The van der Waals surface area contributed by atoms with Crippen LogP contribution >= 0.6 is 0 Å². The van der Waals surface area contributed by atoms with Gasteiger partial charge in [-0.3, -0.25) is 0 Å². The summed E-state index contributed by atoms with van der Waals surface area (Å²) in [4.78, 5) is 14.9. The van der Waals surface area contributed by atoms with E-state index in [0.717, 1.165) is 31.2 Å². The highest BCUT2D eigenvalue weighted by atomic mass is 16.1. The van der Waals surface area contributed by atoms with Gasteiger partial charge < -0.3 is 0 Å². The Morgan fingerprint density at radius 3 is 2.48 bits per heavy atom. The van der Waals surface area contributed by atoms with E-state index in [1.165, 1.54) is 16.7 Å². The van der Waals surface area contributed by atoms with Gasteiger partial charge in [0.05, 0.1) is 5.54 Å². The Morgan fingerprint density at radius 2 is 1.90 bits per heavy atom. The summed E-state index contributed by atoms with van der Waals surface area (Å²) >= 11 is 0. The zero-order chi connectivity index (χ0) is 14.7. The van der Waals surface area contributed by atoms with Gasteiger partial charge in [-0.05, 0) is 54.0 Å². The van der Waals surface area contributed by atoms with E-state index in [1.54, 1.807) is 6.08 Å². The Kier molecular flexibility index (Phi) is 3.72. The highest BCUT2D eigenvalue weighted by Crippen LogP contribution is 2.45. The average molecular weight is 277 g/mol. The molecule has 0 aromatic heterocycles. The Morgan fingerprint density at radius 1 is 1.14 bits per heavy atom. The lowest BCUT2D eigenvalue weighted by Gasteiger charge is -2.37. The summed E-state index contributed by atoms with van der Waals surface area (Å²) in [5.74, 6) is 0. The number of aryl methyl sites for hydroxylation is 1. The molecule has 0 aliphatic heterocycles. The minimum Gasteiger partial charge on any atom is -0.211 e. The molecular weight excluding hydrogens is 258 g/mol. The molecule has 1 saturated carbocycles. The van der Waals surface area contributed by atoms with E-state index < -0.39 is 0 Å². The van der Waals surface area contributed by atoms with Crippen LogP contribution in [0.4, 0.5) is 0 Å². The van der Waals surface area contributed by atoms with Gasteiger partial charge in [-0.15, -0.1) is 0 Å². The third kappa shape index (κ3) is 2.43. The van der Waals surface area contributed by atoms with Crippen LogP contribution in [0.5, 0.6) is 0 Å². The van der Waals surface area contributed by atoms with E-state index in [-0.39, 0.29) is 5.54 Å². The van der Waals surface area contributed by atoms with Crippen molar-refractivity contribution < 1.29 is 4.79 Å². The van der Waals surface area contributed by atoms with Gasteiger partial charge in [0, 0.05) is 0 Å². The molecule has 0 bridgehead atoms. The van der Waals surface area contributed by atoms with Gasteiger partial charge in [0.2, 0.25) is 6.08 Å². The first-order valence-electron chi connectivity index (χ1n) is 7.57. The Hall–Kier alpha value is -2.18. The van der Waals surface area contributed by atoms with Crippen molar-refractivity contribution in [3.8, 4) is 11.1 Å². The van der Waals surface area contributed by atoms with Crippen molar-refractivity contribution in [2.24, 2.45) is 4.99 Å². The molecule has 2 heteroatoms. The molecule has 0 heterocycles. The molecule has 1 fully saturated rings. The Balaban J connectivity index is 2.11.